The van der Waals surface area contributed by atoms with Crippen LogP contribution in [0.3, 0.4) is 0 Å². The van der Waals surface area contributed by atoms with Crippen molar-refractivity contribution in [3.05, 3.63) is 92.9 Å². The van der Waals surface area contributed by atoms with Crippen LogP contribution < -0.4 is 4.90 Å². The maximum atomic E-state index is 13.5. The van der Waals surface area contributed by atoms with Crippen molar-refractivity contribution in [3.63, 3.8) is 0 Å². The highest BCUT2D eigenvalue weighted by atomic mass is 35.5. The van der Waals surface area contributed by atoms with Gasteiger partial charge in [-0.25, -0.2) is 9.50 Å². The van der Waals surface area contributed by atoms with E-state index in [2.05, 4.69) is 55.0 Å². The van der Waals surface area contributed by atoms with Crippen LogP contribution in [0, 0.1) is 27.7 Å². The average molecular weight is 488 g/mol. The van der Waals surface area contributed by atoms with Crippen molar-refractivity contribution in [2.24, 2.45) is 0 Å². The van der Waals surface area contributed by atoms with Crippen molar-refractivity contribution in [3.8, 4) is 0 Å². The van der Waals surface area contributed by atoms with Gasteiger partial charge in [0, 0.05) is 54.7 Å². The van der Waals surface area contributed by atoms with Crippen molar-refractivity contribution in [1.29, 1.82) is 0 Å². The standard InChI is InChI=1S/C28H30ClN5O/c1-18-7-5-6-8-22(18)15-24-20(3)31-27-25(17-30-34(27)21(24)4)28(35)33-13-11-32(12-14-33)26-16-23(29)10-9-19(26)2/h5-10,16-17H,11-15H2,1-4H3. The maximum absolute atomic E-state index is 13.5. The Morgan fingerprint density at radius 3 is 2.46 bits per heavy atom. The van der Waals surface area contributed by atoms with Gasteiger partial charge in [-0.05, 0) is 62.1 Å². The monoisotopic (exact) mass is 487 g/mol. The number of fused-ring (bicyclic) bond motifs is 1. The molecule has 0 unspecified atom stereocenters. The zero-order chi connectivity index (χ0) is 24.7. The van der Waals surface area contributed by atoms with Gasteiger partial charge in [0.25, 0.3) is 5.91 Å². The van der Waals surface area contributed by atoms with E-state index in [-0.39, 0.29) is 5.91 Å². The molecule has 1 aliphatic heterocycles. The highest BCUT2D eigenvalue weighted by molar-refractivity contribution is 6.30. The van der Waals surface area contributed by atoms with Gasteiger partial charge in [-0.1, -0.05) is 41.9 Å². The fourth-order valence-corrected chi connectivity index (χ4v) is 5.13. The summed E-state index contributed by atoms with van der Waals surface area (Å²) in [7, 11) is 0. The maximum Gasteiger partial charge on any atom is 0.259 e. The van der Waals surface area contributed by atoms with E-state index in [0.29, 0.717) is 24.3 Å². The molecule has 0 bridgehead atoms. The molecule has 0 N–H and O–H groups in total. The van der Waals surface area contributed by atoms with Gasteiger partial charge in [0.15, 0.2) is 5.65 Å². The van der Waals surface area contributed by atoms with Crippen LogP contribution in [0.4, 0.5) is 5.69 Å². The van der Waals surface area contributed by atoms with Gasteiger partial charge in [0.2, 0.25) is 0 Å². The number of aromatic nitrogens is 3. The first kappa shape index (κ1) is 23.4. The van der Waals surface area contributed by atoms with E-state index < -0.39 is 0 Å². The number of carbonyl (C=O) groups is 1. The minimum Gasteiger partial charge on any atom is -0.368 e. The molecular weight excluding hydrogens is 458 g/mol. The van der Waals surface area contributed by atoms with Crippen molar-refractivity contribution in [1.82, 2.24) is 19.5 Å². The molecule has 7 heteroatoms. The number of nitrogens with zero attached hydrogens (tertiary/aromatic N) is 5. The Balaban J connectivity index is 1.37. The van der Waals surface area contributed by atoms with Crippen LogP contribution in [0.15, 0.2) is 48.7 Å². The number of hydrogen-bond acceptors (Lipinski definition) is 4. The SMILES string of the molecule is Cc1ccccc1Cc1c(C)nc2c(C(=O)N3CCN(c4cc(Cl)ccc4C)CC3)cnn2c1C. The van der Waals surface area contributed by atoms with Gasteiger partial charge in [-0.15, -0.1) is 0 Å². The molecule has 1 aliphatic rings. The Kier molecular flexibility index (Phi) is 6.24. The Morgan fingerprint density at radius 1 is 0.971 bits per heavy atom. The zero-order valence-electron chi connectivity index (χ0n) is 20.7. The first-order chi connectivity index (χ1) is 16.8. The third-order valence-corrected chi connectivity index (χ3v) is 7.38. The highest BCUT2D eigenvalue weighted by Crippen LogP contribution is 2.26. The molecule has 0 radical (unpaired) electrons. The van der Waals surface area contributed by atoms with Gasteiger partial charge in [-0.2, -0.15) is 5.10 Å². The molecule has 0 atom stereocenters. The van der Waals surface area contributed by atoms with E-state index >= 15 is 0 Å². The average Bonchev–Trinajstić information content (AvgIpc) is 3.28. The van der Waals surface area contributed by atoms with Crippen LogP contribution in [0.25, 0.3) is 5.65 Å². The van der Waals surface area contributed by atoms with Crippen molar-refractivity contribution in [2.75, 3.05) is 31.1 Å². The molecule has 6 nitrogen and oxygen atoms in total. The second-order valence-electron chi connectivity index (χ2n) is 9.37. The summed E-state index contributed by atoms with van der Waals surface area (Å²) in [5, 5.41) is 5.30. The fourth-order valence-electron chi connectivity index (χ4n) is 4.96. The number of amides is 1. The molecule has 2 aromatic heterocycles. The van der Waals surface area contributed by atoms with Crippen LogP contribution >= 0.6 is 11.6 Å². The molecule has 0 aliphatic carbocycles. The summed E-state index contributed by atoms with van der Waals surface area (Å²) in [4.78, 5) is 22.5. The number of carbonyl (C=O) groups excluding carboxylic acids is 1. The lowest BCUT2D eigenvalue weighted by atomic mass is 9.99. The normalized spacial score (nSPS) is 14.1. The van der Waals surface area contributed by atoms with Crippen LogP contribution in [0.1, 0.15) is 44.0 Å². The van der Waals surface area contributed by atoms with Crippen molar-refractivity contribution >= 4 is 28.8 Å². The van der Waals surface area contributed by atoms with E-state index in [4.69, 9.17) is 16.6 Å². The topological polar surface area (TPSA) is 53.7 Å². The summed E-state index contributed by atoms with van der Waals surface area (Å²) >= 11 is 6.22. The Hall–Kier alpha value is -3.38. The summed E-state index contributed by atoms with van der Waals surface area (Å²) in [5.74, 6) is -0.0135. The first-order valence-corrected chi connectivity index (χ1v) is 12.4. The molecule has 1 fully saturated rings. The Morgan fingerprint density at radius 2 is 1.71 bits per heavy atom. The summed E-state index contributed by atoms with van der Waals surface area (Å²) < 4.78 is 1.82. The summed E-state index contributed by atoms with van der Waals surface area (Å²) in [6.45, 7) is 11.1. The zero-order valence-corrected chi connectivity index (χ0v) is 21.4. The molecular formula is C28H30ClN5O. The van der Waals surface area contributed by atoms with Gasteiger partial charge in [-0.3, -0.25) is 4.79 Å². The van der Waals surface area contributed by atoms with E-state index in [9.17, 15) is 4.79 Å². The van der Waals surface area contributed by atoms with Crippen LogP contribution in [-0.4, -0.2) is 51.6 Å². The molecule has 0 saturated carbocycles. The lowest BCUT2D eigenvalue weighted by Gasteiger charge is -2.36. The lowest BCUT2D eigenvalue weighted by Crippen LogP contribution is -2.49. The first-order valence-electron chi connectivity index (χ1n) is 12.0. The van der Waals surface area contributed by atoms with E-state index in [1.807, 2.05) is 34.5 Å². The second-order valence-corrected chi connectivity index (χ2v) is 9.80. The smallest absolute Gasteiger partial charge is 0.259 e. The van der Waals surface area contributed by atoms with Crippen LogP contribution in [0.5, 0.6) is 0 Å². The highest BCUT2D eigenvalue weighted by Gasteiger charge is 2.26. The predicted molar refractivity (Wildman–Crippen MR) is 141 cm³/mol. The predicted octanol–water partition coefficient (Wildman–Crippen LogP) is 5.17. The number of hydrogen-bond donors (Lipinski definition) is 0. The van der Waals surface area contributed by atoms with E-state index in [1.54, 1.807) is 6.20 Å². The van der Waals surface area contributed by atoms with Gasteiger partial charge >= 0.3 is 0 Å². The summed E-state index contributed by atoms with van der Waals surface area (Å²) in [6.07, 6.45) is 2.46. The molecule has 5 rings (SSSR count). The number of aryl methyl sites for hydroxylation is 4. The number of halogens is 1. The molecule has 180 valence electrons. The molecule has 3 heterocycles. The van der Waals surface area contributed by atoms with Gasteiger partial charge in [0.1, 0.15) is 5.56 Å². The molecule has 35 heavy (non-hydrogen) atoms. The van der Waals surface area contributed by atoms with E-state index in [1.165, 1.54) is 16.7 Å². The summed E-state index contributed by atoms with van der Waals surface area (Å²) in [5.41, 5.74) is 9.16. The lowest BCUT2D eigenvalue weighted by molar-refractivity contribution is 0.0748. The Labute approximate surface area is 211 Å². The minimum absolute atomic E-state index is 0.0135. The molecule has 2 aromatic carbocycles. The number of rotatable bonds is 4. The molecule has 4 aromatic rings. The Bertz CT molecular complexity index is 1420. The molecule has 1 amide bonds. The summed E-state index contributed by atoms with van der Waals surface area (Å²) in [6, 6.07) is 14.4. The van der Waals surface area contributed by atoms with E-state index in [0.717, 1.165) is 47.2 Å². The quantitative estimate of drug-likeness (QED) is 0.398. The minimum atomic E-state index is -0.0135. The number of benzene rings is 2. The third kappa shape index (κ3) is 4.39. The third-order valence-electron chi connectivity index (χ3n) is 7.15. The number of piperazine rings is 1. The van der Waals surface area contributed by atoms with Gasteiger partial charge < -0.3 is 9.80 Å². The fraction of sp³-hybridized carbons (Fsp3) is 0.321. The largest absolute Gasteiger partial charge is 0.368 e. The van der Waals surface area contributed by atoms with Crippen molar-refractivity contribution in [2.45, 2.75) is 34.1 Å². The second kappa shape index (κ2) is 9.34. The van der Waals surface area contributed by atoms with Crippen molar-refractivity contribution < 1.29 is 4.79 Å². The molecule has 0 spiro atoms. The van der Waals surface area contributed by atoms with Gasteiger partial charge in [0.05, 0.1) is 6.20 Å². The number of anilines is 1. The molecule has 1 saturated heterocycles. The van der Waals surface area contributed by atoms with Crippen LogP contribution in [-0.2, 0) is 6.42 Å². The van der Waals surface area contributed by atoms with Crippen LogP contribution in [0.2, 0.25) is 5.02 Å².